The van der Waals surface area contributed by atoms with E-state index in [0.717, 1.165) is 33.3 Å². The third-order valence-corrected chi connectivity index (χ3v) is 3.98. The maximum absolute atomic E-state index is 5.45. The monoisotopic (exact) mass is 349 g/mol. The number of rotatable bonds is 4. The quantitative estimate of drug-likeness (QED) is 0.414. The van der Waals surface area contributed by atoms with E-state index < -0.39 is 0 Å². The van der Waals surface area contributed by atoms with Crippen LogP contribution in [-0.4, -0.2) is 18.4 Å². The largest absolute Gasteiger partial charge is 0.496 e. The third kappa shape index (κ3) is 4.14. The van der Waals surface area contributed by atoms with Crippen LogP contribution < -0.4 is 15.5 Å². The van der Waals surface area contributed by atoms with Gasteiger partial charge in [0, 0.05) is 11.3 Å². The number of nitrogens with zero attached hydrogens (tertiary/aromatic N) is 1. The molecule has 0 bridgehead atoms. The number of methoxy groups -OCH3 is 1. The van der Waals surface area contributed by atoms with Crippen LogP contribution in [0, 0.1) is 6.92 Å². The molecule has 0 saturated carbocycles. The summed E-state index contributed by atoms with van der Waals surface area (Å²) in [6.45, 7) is 2.03. The number of ether oxygens (including phenoxy) is 1. The third-order valence-electron chi connectivity index (χ3n) is 3.79. The molecule has 0 fully saturated rings. The van der Waals surface area contributed by atoms with Crippen LogP contribution in [-0.2, 0) is 0 Å². The number of hydrogen-bond donors (Lipinski definition) is 2. The zero-order valence-electron chi connectivity index (χ0n) is 14.1. The molecule has 0 saturated heterocycles. The zero-order valence-corrected chi connectivity index (χ0v) is 14.9. The van der Waals surface area contributed by atoms with E-state index in [4.69, 9.17) is 17.0 Å². The van der Waals surface area contributed by atoms with Gasteiger partial charge in [0.1, 0.15) is 5.75 Å². The van der Waals surface area contributed by atoms with Crippen molar-refractivity contribution in [1.29, 1.82) is 0 Å². The highest BCUT2D eigenvalue weighted by molar-refractivity contribution is 7.80. The van der Waals surface area contributed by atoms with Crippen LogP contribution in [0.25, 0.3) is 10.8 Å². The molecule has 25 heavy (non-hydrogen) atoms. The first-order valence-corrected chi connectivity index (χ1v) is 8.30. The summed E-state index contributed by atoms with van der Waals surface area (Å²) in [7, 11) is 1.65. The molecule has 0 unspecified atom stereocenters. The molecular formula is C20H19N3OS. The molecule has 0 aliphatic rings. The fourth-order valence-electron chi connectivity index (χ4n) is 2.62. The topological polar surface area (TPSA) is 45.6 Å². The second-order valence-electron chi connectivity index (χ2n) is 5.60. The van der Waals surface area contributed by atoms with Crippen molar-refractivity contribution in [3.8, 4) is 5.75 Å². The molecule has 0 amide bonds. The number of aryl methyl sites for hydroxylation is 1. The van der Waals surface area contributed by atoms with Gasteiger partial charge in [-0.05, 0) is 53.7 Å². The average Bonchev–Trinajstić information content (AvgIpc) is 2.61. The van der Waals surface area contributed by atoms with Gasteiger partial charge in [0.25, 0.3) is 0 Å². The van der Waals surface area contributed by atoms with Gasteiger partial charge in [0.05, 0.1) is 13.3 Å². The predicted octanol–water partition coefficient (Wildman–Crippen LogP) is 4.48. The Balaban J connectivity index is 1.76. The number of benzene rings is 3. The van der Waals surface area contributed by atoms with Crippen LogP contribution in [0.3, 0.4) is 0 Å². The molecule has 3 aromatic rings. The summed E-state index contributed by atoms with van der Waals surface area (Å²) in [5, 5.41) is 10.0. The summed E-state index contributed by atoms with van der Waals surface area (Å²) in [5.74, 6) is 0.766. The Morgan fingerprint density at radius 3 is 2.72 bits per heavy atom. The second kappa shape index (κ2) is 7.77. The summed E-state index contributed by atoms with van der Waals surface area (Å²) in [4.78, 5) is 0. The van der Waals surface area contributed by atoms with Gasteiger partial charge >= 0.3 is 0 Å². The molecule has 0 spiro atoms. The molecule has 0 aromatic heterocycles. The fourth-order valence-corrected chi connectivity index (χ4v) is 2.79. The van der Waals surface area contributed by atoms with Crippen LogP contribution in [0.15, 0.2) is 65.8 Å². The van der Waals surface area contributed by atoms with E-state index in [1.165, 1.54) is 0 Å². The number of hydrogen-bond acceptors (Lipinski definition) is 3. The van der Waals surface area contributed by atoms with Gasteiger partial charge in [-0.15, -0.1) is 0 Å². The summed E-state index contributed by atoms with van der Waals surface area (Å²) in [5.41, 5.74) is 5.85. The molecule has 0 heterocycles. The van der Waals surface area contributed by atoms with Crippen molar-refractivity contribution >= 4 is 40.0 Å². The maximum Gasteiger partial charge on any atom is 0.191 e. The Hall–Kier alpha value is -2.92. The molecule has 0 atom stereocenters. The zero-order chi connectivity index (χ0) is 17.6. The van der Waals surface area contributed by atoms with Crippen LogP contribution >= 0.6 is 12.2 Å². The van der Waals surface area contributed by atoms with E-state index in [1.54, 1.807) is 13.3 Å². The molecule has 126 valence electrons. The van der Waals surface area contributed by atoms with Crippen molar-refractivity contribution in [1.82, 2.24) is 5.43 Å². The van der Waals surface area contributed by atoms with Crippen molar-refractivity contribution in [2.24, 2.45) is 5.10 Å². The Morgan fingerprint density at radius 2 is 1.92 bits per heavy atom. The number of nitrogens with one attached hydrogen (secondary N) is 2. The van der Waals surface area contributed by atoms with Gasteiger partial charge in [-0.25, -0.2) is 0 Å². The molecule has 2 N–H and O–H groups in total. The summed E-state index contributed by atoms with van der Waals surface area (Å²) in [6, 6.07) is 20.1. The van der Waals surface area contributed by atoms with Crippen molar-refractivity contribution < 1.29 is 4.74 Å². The Labute approximate surface area is 152 Å². The van der Waals surface area contributed by atoms with Crippen molar-refractivity contribution in [2.75, 3.05) is 12.4 Å². The SMILES string of the molecule is COc1ccc2ccccc2c1/C=N\NC(=S)Nc1cccc(C)c1. The summed E-state index contributed by atoms with van der Waals surface area (Å²) >= 11 is 5.28. The lowest BCUT2D eigenvalue weighted by molar-refractivity contribution is 0.415. The Bertz CT molecular complexity index is 937. The average molecular weight is 349 g/mol. The lowest BCUT2D eigenvalue weighted by atomic mass is 10.0. The minimum absolute atomic E-state index is 0.432. The highest BCUT2D eigenvalue weighted by Gasteiger charge is 2.06. The molecule has 4 nitrogen and oxygen atoms in total. The molecule has 0 aliphatic carbocycles. The number of hydrazone groups is 1. The van der Waals surface area contributed by atoms with Gasteiger partial charge in [-0.1, -0.05) is 42.5 Å². The molecule has 3 aromatic carbocycles. The first kappa shape index (κ1) is 16.9. The highest BCUT2D eigenvalue weighted by atomic mass is 32.1. The standard InChI is InChI=1S/C20H19N3OS/c1-14-6-5-8-16(12-14)22-20(25)23-21-13-18-17-9-4-3-7-15(17)10-11-19(18)24-2/h3-13H,1-2H3,(H2,22,23,25)/b21-13-. The highest BCUT2D eigenvalue weighted by Crippen LogP contribution is 2.26. The van der Waals surface area contributed by atoms with Crippen molar-refractivity contribution in [2.45, 2.75) is 6.92 Å². The van der Waals surface area contributed by atoms with Gasteiger partial charge in [0.2, 0.25) is 0 Å². The Kier molecular flexibility index (Phi) is 5.26. The minimum atomic E-state index is 0.432. The van der Waals surface area contributed by atoms with Crippen molar-refractivity contribution in [3.63, 3.8) is 0 Å². The molecule has 3 rings (SSSR count). The first-order valence-electron chi connectivity index (χ1n) is 7.90. The van der Waals surface area contributed by atoms with E-state index in [-0.39, 0.29) is 0 Å². The molecule has 0 aliphatic heterocycles. The van der Waals surface area contributed by atoms with E-state index in [2.05, 4.69) is 21.9 Å². The normalized spacial score (nSPS) is 10.8. The van der Waals surface area contributed by atoms with Crippen LogP contribution in [0.1, 0.15) is 11.1 Å². The minimum Gasteiger partial charge on any atom is -0.496 e. The van der Waals surface area contributed by atoms with Gasteiger partial charge in [-0.3, -0.25) is 5.43 Å². The fraction of sp³-hybridized carbons (Fsp3) is 0.100. The van der Waals surface area contributed by atoms with Crippen molar-refractivity contribution in [3.05, 3.63) is 71.8 Å². The Morgan fingerprint density at radius 1 is 1.08 bits per heavy atom. The van der Waals surface area contributed by atoms with Crippen LogP contribution in [0.5, 0.6) is 5.75 Å². The molecular weight excluding hydrogens is 330 g/mol. The summed E-state index contributed by atoms with van der Waals surface area (Å²) < 4.78 is 5.45. The maximum atomic E-state index is 5.45. The molecule has 5 heteroatoms. The predicted molar refractivity (Wildman–Crippen MR) is 109 cm³/mol. The van der Waals surface area contributed by atoms with E-state index in [0.29, 0.717) is 5.11 Å². The van der Waals surface area contributed by atoms with E-state index in [9.17, 15) is 0 Å². The van der Waals surface area contributed by atoms with Gasteiger partial charge in [0.15, 0.2) is 5.11 Å². The summed E-state index contributed by atoms with van der Waals surface area (Å²) in [6.07, 6.45) is 1.73. The van der Waals surface area contributed by atoms with E-state index >= 15 is 0 Å². The lowest BCUT2D eigenvalue weighted by Crippen LogP contribution is -2.23. The number of anilines is 1. The first-order chi connectivity index (χ1) is 12.2. The number of fused-ring (bicyclic) bond motifs is 1. The molecule has 0 radical (unpaired) electrons. The van der Waals surface area contributed by atoms with Gasteiger partial charge in [-0.2, -0.15) is 5.10 Å². The van der Waals surface area contributed by atoms with Crippen LogP contribution in [0.2, 0.25) is 0 Å². The van der Waals surface area contributed by atoms with E-state index in [1.807, 2.05) is 61.5 Å². The van der Waals surface area contributed by atoms with Gasteiger partial charge < -0.3 is 10.1 Å². The van der Waals surface area contributed by atoms with Crippen LogP contribution in [0.4, 0.5) is 5.69 Å². The second-order valence-corrected chi connectivity index (χ2v) is 6.00. The lowest BCUT2D eigenvalue weighted by Gasteiger charge is -2.09. The smallest absolute Gasteiger partial charge is 0.191 e. The number of thiocarbonyl (C=S) groups is 1.